The third-order valence-electron chi connectivity index (χ3n) is 4.86. The molecule has 0 bridgehead atoms. The lowest BCUT2D eigenvalue weighted by Gasteiger charge is -2.42. The number of morpholine rings is 1. The number of hydrogen-bond acceptors (Lipinski definition) is 4. The lowest BCUT2D eigenvalue weighted by Crippen LogP contribution is -2.55. The van der Waals surface area contributed by atoms with E-state index in [4.69, 9.17) is 4.74 Å². The van der Waals surface area contributed by atoms with Gasteiger partial charge in [0, 0.05) is 18.5 Å². The molecule has 0 aromatic rings. The molecule has 2 unspecified atom stereocenters. The molecule has 5 heteroatoms. The minimum Gasteiger partial charge on any atom is -0.394 e. The monoisotopic (exact) mass is 284 g/mol. The van der Waals surface area contributed by atoms with Crippen LogP contribution in [0.25, 0.3) is 0 Å². The number of nitrogens with one attached hydrogen (secondary N) is 1. The van der Waals surface area contributed by atoms with Gasteiger partial charge in [0.2, 0.25) is 5.91 Å². The van der Waals surface area contributed by atoms with Crippen LogP contribution in [0.1, 0.15) is 45.4 Å². The van der Waals surface area contributed by atoms with Gasteiger partial charge >= 0.3 is 0 Å². The molecule has 0 aromatic carbocycles. The van der Waals surface area contributed by atoms with Crippen molar-refractivity contribution in [2.24, 2.45) is 0 Å². The van der Waals surface area contributed by atoms with Crippen molar-refractivity contribution in [3.8, 4) is 0 Å². The number of ether oxygens (including phenoxy) is 1. The van der Waals surface area contributed by atoms with Crippen LogP contribution in [-0.2, 0) is 9.53 Å². The Morgan fingerprint density at radius 1 is 1.40 bits per heavy atom. The molecule has 1 aliphatic carbocycles. The summed E-state index contributed by atoms with van der Waals surface area (Å²) in [4.78, 5) is 14.5. The maximum absolute atomic E-state index is 12.7. The first-order chi connectivity index (χ1) is 9.60. The van der Waals surface area contributed by atoms with Crippen molar-refractivity contribution >= 4 is 5.91 Å². The van der Waals surface area contributed by atoms with E-state index in [1.807, 2.05) is 18.9 Å². The molecule has 2 rings (SSSR count). The Morgan fingerprint density at radius 3 is 2.70 bits per heavy atom. The second-order valence-electron chi connectivity index (χ2n) is 6.30. The lowest BCUT2D eigenvalue weighted by molar-refractivity contribution is -0.148. The van der Waals surface area contributed by atoms with Gasteiger partial charge in [0.05, 0.1) is 25.4 Å². The Bertz CT molecular complexity index is 329. The van der Waals surface area contributed by atoms with Crippen molar-refractivity contribution in [1.82, 2.24) is 10.2 Å². The van der Waals surface area contributed by atoms with Gasteiger partial charge in [0.25, 0.3) is 0 Å². The molecule has 2 N–H and O–H groups in total. The first-order valence-corrected chi connectivity index (χ1v) is 7.81. The molecule has 2 atom stereocenters. The highest BCUT2D eigenvalue weighted by molar-refractivity contribution is 5.78. The summed E-state index contributed by atoms with van der Waals surface area (Å²) in [5.74, 6) is 0.190. The summed E-state index contributed by atoms with van der Waals surface area (Å²) in [5.41, 5.74) is -0.0257. The van der Waals surface area contributed by atoms with E-state index in [9.17, 15) is 9.90 Å². The number of carbonyl (C=O) groups is 1. The minimum atomic E-state index is -0.230. The molecule has 20 heavy (non-hydrogen) atoms. The maximum atomic E-state index is 12.7. The molecule has 5 nitrogen and oxygen atoms in total. The number of aliphatic hydroxyl groups is 1. The van der Waals surface area contributed by atoms with Crippen LogP contribution in [0.2, 0.25) is 0 Å². The summed E-state index contributed by atoms with van der Waals surface area (Å²) in [6.07, 6.45) is 6.17. The molecular weight excluding hydrogens is 256 g/mol. The smallest absolute Gasteiger partial charge is 0.224 e. The van der Waals surface area contributed by atoms with Gasteiger partial charge < -0.3 is 20.1 Å². The van der Waals surface area contributed by atoms with Crippen LogP contribution in [0.3, 0.4) is 0 Å². The van der Waals surface area contributed by atoms with E-state index in [0.29, 0.717) is 19.6 Å². The normalized spacial score (nSPS) is 30.2. The van der Waals surface area contributed by atoms with Crippen LogP contribution in [-0.4, -0.2) is 60.4 Å². The molecule has 1 heterocycles. The molecule has 116 valence electrons. The van der Waals surface area contributed by atoms with E-state index in [2.05, 4.69) is 5.32 Å². The largest absolute Gasteiger partial charge is 0.394 e. The first kappa shape index (κ1) is 15.7. The van der Waals surface area contributed by atoms with Crippen LogP contribution in [0.4, 0.5) is 0 Å². The van der Waals surface area contributed by atoms with Crippen LogP contribution in [0, 0.1) is 0 Å². The van der Waals surface area contributed by atoms with Gasteiger partial charge in [-0.25, -0.2) is 0 Å². The third kappa shape index (κ3) is 3.51. The van der Waals surface area contributed by atoms with E-state index in [-0.39, 0.29) is 30.2 Å². The Kier molecular flexibility index (Phi) is 5.41. The zero-order valence-electron chi connectivity index (χ0n) is 12.7. The van der Waals surface area contributed by atoms with Crippen LogP contribution >= 0.6 is 0 Å². The average molecular weight is 284 g/mol. The minimum absolute atomic E-state index is 0.0202. The second-order valence-corrected chi connectivity index (χ2v) is 6.30. The highest BCUT2D eigenvalue weighted by Gasteiger charge is 2.37. The predicted molar refractivity (Wildman–Crippen MR) is 77.5 cm³/mol. The molecule has 0 aromatic heterocycles. The molecule has 2 fully saturated rings. The molecule has 0 spiro atoms. The predicted octanol–water partition coefficient (Wildman–Crippen LogP) is 0.907. The summed E-state index contributed by atoms with van der Waals surface area (Å²) in [7, 11) is 1.97. The molecule has 0 radical (unpaired) electrons. The fraction of sp³-hybridized carbons (Fsp3) is 0.933. The van der Waals surface area contributed by atoms with Gasteiger partial charge in [-0.3, -0.25) is 4.79 Å². The molecule has 2 aliphatic rings. The quantitative estimate of drug-likeness (QED) is 0.805. The zero-order chi connectivity index (χ0) is 14.6. The summed E-state index contributed by atoms with van der Waals surface area (Å²) in [6.45, 7) is 3.02. The van der Waals surface area contributed by atoms with Gasteiger partial charge in [0.15, 0.2) is 0 Å². The molecule has 1 amide bonds. The van der Waals surface area contributed by atoms with E-state index in [1.165, 1.54) is 19.3 Å². The first-order valence-electron chi connectivity index (χ1n) is 7.81. The van der Waals surface area contributed by atoms with E-state index in [1.54, 1.807) is 0 Å². The lowest BCUT2D eigenvalue weighted by atomic mass is 9.79. The number of aliphatic hydroxyl groups excluding tert-OH is 1. The van der Waals surface area contributed by atoms with Crippen molar-refractivity contribution in [2.75, 3.05) is 26.8 Å². The molecule has 1 aliphatic heterocycles. The summed E-state index contributed by atoms with van der Waals surface area (Å²) < 4.78 is 5.50. The Labute approximate surface area is 121 Å². The standard InChI is InChI=1S/C15H28N2O3/c1-12-11-20-13(10-18)9-17(12)14(19)8-15(16-2)6-4-3-5-7-15/h12-13,16,18H,3-11H2,1-2H3. The van der Waals surface area contributed by atoms with Crippen molar-refractivity contribution in [3.63, 3.8) is 0 Å². The Hall–Kier alpha value is -0.650. The molecule has 1 saturated carbocycles. The molecular formula is C15H28N2O3. The van der Waals surface area contributed by atoms with Crippen LogP contribution in [0.15, 0.2) is 0 Å². The van der Waals surface area contributed by atoms with Crippen LogP contribution in [0.5, 0.6) is 0 Å². The SMILES string of the molecule is CNC1(CC(=O)N2CC(CO)OCC2C)CCCCC1. The average Bonchev–Trinajstić information content (AvgIpc) is 2.48. The van der Waals surface area contributed by atoms with Gasteiger partial charge in [-0.15, -0.1) is 0 Å². The summed E-state index contributed by atoms with van der Waals surface area (Å²) >= 11 is 0. The van der Waals surface area contributed by atoms with Crippen LogP contribution < -0.4 is 5.32 Å². The van der Waals surface area contributed by atoms with Gasteiger partial charge in [0.1, 0.15) is 0 Å². The van der Waals surface area contributed by atoms with Crippen molar-refractivity contribution in [3.05, 3.63) is 0 Å². The molecule has 1 saturated heterocycles. The zero-order valence-corrected chi connectivity index (χ0v) is 12.7. The topological polar surface area (TPSA) is 61.8 Å². The fourth-order valence-corrected chi connectivity index (χ4v) is 3.41. The van der Waals surface area contributed by atoms with Crippen molar-refractivity contribution in [1.29, 1.82) is 0 Å². The highest BCUT2D eigenvalue weighted by Crippen LogP contribution is 2.31. The van der Waals surface area contributed by atoms with Crippen molar-refractivity contribution < 1.29 is 14.6 Å². The van der Waals surface area contributed by atoms with Gasteiger partial charge in [-0.2, -0.15) is 0 Å². The Morgan fingerprint density at radius 2 is 2.10 bits per heavy atom. The Balaban J connectivity index is 1.98. The number of carbonyl (C=O) groups excluding carboxylic acids is 1. The summed E-state index contributed by atoms with van der Waals surface area (Å²) in [6, 6.07) is 0.0998. The van der Waals surface area contributed by atoms with E-state index < -0.39 is 0 Å². The number of amides is 1. The number of rotatable bonds is 4. The number of hydrogen-bond donors (Lipinski definition) is 2. The van der Waals surface area contributed by atoms with Gasteiger partial charge in [-0.1, -0.05) is 19.3 Å². The van der Waals surface area contributed by atoms with E-state index in [0.717, 1.165) is 12.8 Å². The second kappa shape index (κ2) is 6.87. The van der Waals surface area contributed by atoms with Gasteiger partial charge in [-0.05, 0) is 26.8 Å². The third-order valence-corrected chi connectivity index (χ3v) is 4.86. The van der Waals surface area contributed by atoms with Crippen molar-refractivity contribution in [2.45, 2.75) is 63.1 Å². The highest BCUT2D eigenvalue weighted by atomic mass is 16.5. The van der Waals surface area contributed by atoms with E-state index >= 15 is 0 Å². The number of nitrogens with zero attached hydrogens (tertiary/aromatic N) is 1. The fourth-order valence-electron chi connectivity index (χ4n) is 3.41. The summed E-state index contributed by atoms with van der Waals surface area (Å²) in [5, 5.41) is 12.6. The maximum Gasteiger partial charge on any atom is 0.224 e.